The molecule has 17 heavy (non-hydrogen) atoms. The molecular formula is C10H11ClN4OS. The van der Waals surface area contributed by atoms with Gasteiger partial charge in [0.15, 0.2) is 0 Å². The molecule has 2 aromatic rings. The van der Waals surface area contributed by atoms with Crippen LogP contribution in [0.5, 0.6) is 0 Å². The summed E-state index contributed by atoms with van der Waals surface area (Å²) in [5.74, 6) is 0.533. The van der Waals surface area contributed by atoms with Gasteiger partial charge in [-0.25, -0.2) is 9.97 Å². The smallest absolute Gasteiger partial charge is 0.148 e. The van der Waals surface area contributed by atoms with Crippen molar-refractivity contribution in [2.24, 2.45) is 0 Å². The van der Waals surface area contributed by atoms with Crippen LogP contribution in [0.1, 0.15) is 4.88 Å². The quantitative estimate of drug-likeness (QED) is 0.864. The van der Waals surface area contributed by atoms with E-state index in [-0.39, 0.29) is 12.6 Å². The lowest BCUT2D eigenvalue weighted by Gasteiger charge is -2.16. The number of thiazole rings is 1. The number of nitrogens with one attached hydrogen (secondary N) is 1. The SMILES string of the molecule is OCC(Cc1cncs1)Nc1ncncc1Cl. The van der Waals surface area contributed by atoms with Crippen molar-refractivity contribution in [3.8, 4) is 0 Å². The molecule has 0 amide bonds. The molecule has 2 rings (SSSR count). The maximum Gasteiger partial charge on any atom is 0.148 e. The average Bonchev–Trinajstić information content (AvgIpc) is 2.84. The summed E-state index contributed by atoms with van der Waals surface area (Å²) in [6.07, 6.45) is 5.39. The minimum Gasteiger partial charge on any atom is -0.394 e. The largest absolute Gasteiger partial charge is 0.394 e. The number of hydrogen-bond acceptors (Lipinski definition) is 6. The molecule has 1 atom stereocenters. The van der Waals surface area contributed by atoms with Crippen LogP contribution in [0.3, 0.4) is 0 Å². The summed E-state index contributed by atoms with van der Waals surface area (Å²) in [5.41, 5.74) is 1.77. The maximum absolute atomic E-state index is 9.31. The topological polar surface area (TPSA) is 70.9 Å². The number of aliphatic hydroxyl groups excluding tert-OH is 1. The van der Waals surface area contributed by atoms with Gasteiger partial charge < -0.3 is 10.4 Å². The molecule has 7 heteroatoms. The van der Waals surface area contributed by atoms with Crippen LogP contribution in [0.15, 0.2) is 24.2 Å². The van der Waals surface area contributed by atoms with Crippen LogP contribution >= 0.6 is 22.9 Å². The highest BCUT2D eigenvalue weighted by Gasteiger charge is 2.12. The summed E-state index contributed by atoms with van der Waals surface area (Å²) in [5, 5.41) is 12.8. The van der Waals surface area contributed by atoms with Gasteiger partial charge in [0.1, 0.15) is 17.2 Å². The van der Waals surface area contributed by atoms with E-state index in [2.05, 4.69) is 20.3 Å². The first-order chi connectivity index (χ1) is 8.29. The van der Waals surface area contributed by atoms with Crippen LogP contribution in [0.2, 0.25) is 5.02 Å². The van der Waals surface area contributed by atoms with E-state index in [1.54, 1.807) is 23.0 Å². The van der Waals surface area contributed by atoms with E-state index >= 15 is 0 Å². The van der Waals surface area contributed by atoms with Gasteiger partial charge in [0.05, 0.1) is 24.4 Å². The Balaban J connectivity index is 2.03. The molecule has 1 unspecified atom stereocenters. The number of aliphatic hydroxyl groups is 1. The first-order valence-electron chi connectivity index (χ1n) is 5.00. The highest BCUT2D eigenvalue weighted by atomic mass is 35.5. The van der Waals surface area contributed by atoms with Crippen LogP contribution in [0, 0.1) is 0 Å². The Bertz CT molecular complexity index is 465. The van der Waals surface area contributed by atoms with E-state index in [1.807, 2.05) is 0 Å². The molecule has 0 aliphatic carbocycles. The number of anilines is 1. The van der Waals surface area contributed by atoms with Crippen LogP contribution in [-0.2, 0) is 6.42 Å². The van der Waals surface area contributed by atoms with Crippen molar-refractivity contribution in [2.45, 2.75) is 12.5 Å². The zero-order valence-electron chi connectivity index (χ0n) is 8.88. The molecule has 0 radical (unpaired) electrons. The molecule has 0 aliphatic rings. The van der Waals surface area contributed by atoms with Gasteiger partial charge in [0.25, 0.3) is 0 Å². The molecule has 0 fully saturated rings. The third-order valence-corrected chi connectivity index (χ3v) is 3.24. The van der Waals surface area contributed by atoms with E-state index in [1.165, 1.54) is 12.5 Å². The molecule has 5 nitrogen and oxygen atoms in total. The standard InChI is InChI=1S/C10H11ClN4OS/c11-9-3-12-5-14-10(9)15-7(4-16)1-8-2-13-6-17-8/h2-3,5-7,16H,1,4H2,(H,12,14,15). The summed E-state index contributed by atoms with van der Waals surface area (Å²) in [6, 6.07) is -0.136. The van der Waals surface area contributed by atoms with Crippen molar-refractivity contribution < 1.29 is 5.11 Å². The van der Waals surface area contributed by atoms with E-state index in [4.69, 9.17) is 11.6 Å². The monoisotopic (exact) mass is 270 g/mol. The Hall–Kier alpha value is -1.24. The lowest BCUT2D eigenvalue weighted by Crippen LogP contribution is -2.26. The predicted octanol–water partition coefficient (Wildman–Crippen LogP) is 1.60. The van der Waals surface area contributed by atoms with Gasteiger partial charge in [0.2, 0.25) is 0 Å². The third kappa shape index (κ3) is 3.36. The van der Waals surface area contributed by atoms with Crippen molar-refractivity contribution >= 4 is 28.8 Å². The Labute approximate surface area is 108 Å². The summed E-state index contributed by atoms with van der Waals surface area (Å²) in [7, 11) is 0. The van der Waals surface area contributed by atoms with E-state index in [0.717, 1.165) is 4.88 Å². The zero-order valence-corrected chi connectivity index (χ0v) is 10.4. The molecule has 0 saturated carbocycles. The molecule has 0 spiro atoms. The Kier molecular flexibility index (Phi) is 4.24. The molecule has 2 N–H and O–H groups in total. The van der Waals surface area contributed by atoms with Crippen molar-refractivity contribution in [1.29, 1.82) is 0 Å². The fourth-order valence-electron chi connectivity index (χ4n) is 1.36. The van der Waals surface area contributed by atoms with Crippen molar-refractivity contribution in [3.05, 3.63) is 34.1 Å². The van der Waals surface area contributed by atoms with Crippen molar-refractivity contribution in [3.63, 3.8) is 0 Å². The number of rotatable bonds is 5. The van der Waals surface area contributed by atoms with Gasteiger partial charge >= 0.3 is 0 Å². The van der Waals surface area contributed by atoms with Crippen LogP contribution in [0.4, 0.5) is 5.82 Å². The molecule has 2 aromatic heterocycles. The first-order valence-corrected chi connectivity index (χ1v) is 6.25. The predicted molar refractivity (Wildman–Crippen MR) is 67.4 cm³/mol. The number of halogens is 1. The number of hydrogen-bond donors (Lipinski definition) is 2. The fraction of sp³-hybridized carbons (Fsp3) is 0.300. The molecule has 2 heterocycles. The van der Waals surface area contributed by atoms with Crippen molar-refractivity contribution in [1.82, 2.24) is 15.0 Å². The molecule has 0 aromatic carbocycles. The molecule has 0 bridgehead atoms. The van der Waals surface area contributed by atoms with Gasteiger partial charge in [-0.1, -0.05) is 11.6 Å². The van der Waals surface area contributed by atoms with Gasteiger partial charge in [0, 0.05) is 17.5 Å². The van der Waals surface area contributed by atoms with Crippen LogP contribution < -0.4 is 5.32 Å². The summed E-state index contributed by atoms with van der Waals surface area (Å²) in [4.78, 5) is 12.9. The Morgan fingerprint density at radius 3 is 2.94 bits per heavy atom. The summed E-state index contributed by atoms with van der Waals surface area (Å²) >= 11 is 7.48. The molecular weight excluding hydrogens is 260 g/mol. The summed E-state index contributed by atoms with van der Waals surface area (Å²) in [6.45, 7) is -0.00175. The van der Waals surface area contributed by atoms with Gasteiger partial charge in [-0.2, -0.15) is 0 Å². The van der Waals surface area contributed by atoms with Gasteiger partial charge in [-0.3, -0.25) is 4.98 Å². The van der Waals surface area contributed by atoms with Crippen LogP contribution in [0.25, 0.3) is 0 Å². The lowest BCUT2D eigenvalue weighted by atomic mass is 10.2. The second kappa shape index (κ2) is 5.90. The normalized spacial score (nSPS) is 12.4. The number of aromatic nitrogens is 3. The number of nitrogens with zero attached hydrogens (tertiary/aromatic N) is 3. The average molecular weight is 271 g/mol. The fourth-order valence-corrected chi connectivity index (χ4v) is 2.20. The third-order valence-electron chi connectivity index (χ3n) is 2.16. The minimum absolute atomic E-state index is 0.00175. The van der Waals surface area contributed by atoms with E-state index in [9.17, 15) is 5.11 Å². The zero-order chi connectivity index (χ0) is 12.1. The van der Waals surface area contributed by atoms with E-state index < -0.39 is 0 Å². The van der Waals surface area contributed by atoms with E-state index in [0.29, 0.717) is 17.3 Å². The van der Waals surface area contributed by atoms with Gasteiger partial charge in [-0.15, -0.1) is 11.3 Å². The second-order valence-electron chi connectivity index (χ2n) is 3.41. The Morgan fingerprint density at radius 2 is 2.29 bits per heavy atom. The first kappa shape index (κ1) is 12.2. The summed E-state index contributed by atoms with van der Waals surface area (Å²) < 4.78 is 0. The molecule has 90 valence electrons. The molecule has 0 aliphatic heterocycles. The van der Waals surface area contributed by atoms with Gasteiger partial charge in [-0.05, 0) is 0 Å². The highest BCUT2D eigenvalue weighted by Crippen LogP contribution is 2.18. The maximum atomic E-state index is 9.31. The molecule has 0 saturated heterocycles. The second-order valence-corrected chi connectivity index (χ2v) is 4.79. The Morgan fingerprint density at radius 1 is 1.41 bits per heavy atom. The highest BCUT2D eigenvalue weighted by molar-refractivity contribution is 7.09. The lowest BCUT2D eigenvalue weighted by molar-refractivity contribution is 0.274. The van der Waals surface area contributed by atoms with Crippen LogP contribution in [-0.4, -0.2) is 32.7 Å². The van der Waals surface area contributed by atoms with Crippen molar-refractivity contribution in [2.75, 3.05) is 11.9 Å². The minimum atomic E-state index is -0.136.